The zero-order valence-electron chi connectivity index (χ0n) is 3.18. The molecule has 0 rings (SSSR count). The predicted molar refractivity (Wildman–Crippen MR) is 20.2 cm³/mol. The van der Waals surface area contributed by atoms with Gasteiger partial charge in [0.1, 0.15) is 0 Å². The van der Waals surface area contributed by atoms with E-state index in [0.29, 0.717) is 0 Å². The molecule has 0 aromatic heterocycles. The zero-order valence-corrected chi connectivity index (χ0v) is 5.64. The minimum atomic E-state index is 0. The molecule has 7 heavy (non-hydrogen) atoms. The average molecular weight is 175 g/mol. The summed E-state index contributed by atoms with van der Waals surface area (Å²) in [7, 11) is 0. The third kappa shape index (κ3) is 274. The van der Waals surface area contributed by atoms with Crippen molar-refractivity contribution in [2.45, 2.75) is 0 Å². The maximum atomic E-state index is 6.75. The molecule has 0 aliphatic rings. The number of rotatable bonds is 0. The molecule has 0 N–H and O–H groups in total. The van der Waals surface area contributed by atoms with Crippen LogP contribution in [-0.2, 0) is 26.2 Å². The Morgan fingerprint density at radius 2 is 0.714 bits per heavy atom. The van der Waals surface area contributed by atoms with E-state index < -0.39 is 0 Å². The number of hydrogen-bond acceptors (Lipinski definition) is 0. The second kappa shape index (κ2) is 49.4. The van der Waals surface area contributed by atoms with Crippen molar-refractivity contribution >= 4 is 0 Å². The minimum absolute atomic E-state index is 0. The molecule has 0 atom stereocenters. The van der Waals surface area contributed by atoms with E-state index in [9.17, 15) is 0 Å². The molecule has 0 aromatic rings. The number of hydrogen-bond donors (Lipinski definition) is 0. The summed E-state index contributed by atoms with van der Waals surface area (Å²) in [5.41, 5.74) is 27.0. The van der Waals surface area contributed by atoms with Crippen LogP contribution in [0.4, 0.5) is 0 Å². The fourth-order valence-corrected chi connectivity index (χ4v) is 0. The predicted octanol–water partition coefficient (Wildman–Crippen LogP) is 1.73. The molecular weight excluding hydrogens is 175 g/mol. The molecule has 6 nitrogen and oxygen atoms in total. The van der Waals surface area contributed by atoms with E-state index in [1.54, 1.807) is 0 Å². The molecule has 0 fully saturated rings. The monoisotopic (exact) mass is 174 g/mol. The Labute approximate surface area is 58.5 Å². The van der Waals surface area contributed by atoms with Gasteiger partial charge in [-0.05, 0) is 0 Å². The fraction of sp³-hybridized carbons (Fsp3) is 0. The number of nitrogens with zero attached hydrogens (tertiary/aromatic N) is 6. The van der Waals surface area contributed by atoms with Gasteiger partial charge in [-0.3, -0.25) is 9.82 Å². The second-order valence-corrected chi connectivity index (χ2v) is 0.179. The standard InChI is InChI=1S/2N3.Zr/c2*1-3-2;/q2*-1;+2. The molecule has 0 spiro atoms. The fourth-order valence-electron chi connectivity index (χ4n) is 0. The van der Waals surface area contributed by atoms with Crippen LogP contribution in [-0.4, -0.2) is 0 Å². The maximum Gasteiger partial charge on any atom is 2.00 e. The molecule has 0 unspecified atom stereocenters. The van der Waals surface area contributed by atoms with Gasteiger partial charge >= 0.3 is 26.2 Å². The van der Waals surface area contributed by atoms with E-state index in [4.69, 9.17) is 22.1 Å². The first-order valence-corrected chi connectivity index (χ1v) is 0.800. The van der Waals surface area contributed by atoms with Gasteiger partial charge in [-0.15, -0.1) is 0 Å². The second-order valence-electron chi connectivity index (χ2n) is 0.179. The van der Waals surface area contributed by atoms with E-state index in [-0.39, 0.29) is 26.2 Å². The maximum absolute atomic E-state index is 6.75. The first-order chi connectivity index (χ1) is 2.83. The summed E-state index contributed by atoms with van der Waals surface area (Å²) < 4.78 is 0. The third-order valence-electron chi connectivity index (χ3n) is 0. The van der Waals surface area contributed by atoms with Crippen LogP contribution in [0.2, 0.25) is 0 Å². The van der Waals surface area contributed by atoms with Gasteiger partial charge in [0.25, 0.3) is 0 Å². The summed E-state index contributed by atoms with van der Waals surface area (Å²) in [6, 6.07) is 0. The first-order valence-electron chi connectivity index (χ1n) is 0.800. The van der Waals surface area contributed by atoms with Crippen LogP contribution in [0.25, 0.3) is 31.9 Å². The Kier molecular flexibility index (Phi) is 113. The molecule has 0 aromatic carbocycles. The van der Waals surface area contributed by atoms with E-state index in [2.05, 4.69) is 0 Å². The van der Waals surface area contributed by atoms with Crippen LogP contribution in [0.3, 0.4) is 0 Å². The third-order valence-corrected chi connectivity index (χ3v) is 0. The summed E-state index contributed by atoms with van der Waals surface area (Å²) in [4.78, 5) is 3.00. The summed E-state index contributed by atoms with van der Waals surface area (Å²) in [5.74, 6) is 0. The molecule has 0 saturated carbocycles. The van der Waals surface area contributed by atoms with Crippen LogP contribution in [0.15, 0.2) is 0 Å². The summed E-state index contributed by atoms with van der Waals surface area (Å²) in [6.45, 7) is 0. The van der Waals surface area contributed by atoms with Crippen LogP contribution in [0, 0.1) is 0 Å². The Hall–Kier alpha value is -0.497. The summed E-state index contributed by atoms with van der Waals surface area (Å²) in [6.07, 6.45) is 0. The average Bonchev–Trinajstić information content (AvgIpc) is 1.39. The van der Waals surface area contributed by atoms with E-state index >= 15 is 0 Å². The Balaban J connectivity index is -0.0000000400. The van der Waals surface area contributed by atoms with Gasteiger partial charge in [0.05, 0.1) is 0 Å². The SMILES string of the molecule is [N-]=[N+]=[N-].[N-]=[N+]=[N-].[Zr+2]. The van der Waals surface area contributed by atoms with Crippen LogP contribution < -0.4 is 0 Å². The van der Waals surface area contributed by atoms with Crippen LogP contribution >= 0.6 is 0 Å². The first kappa shape index (κ1) is 16.0. The van der Waals surface area contributed by atoms with Gasteiger partial charge in [0.15, 0.2) is 0 Å². The minimum Gasteiger partial charge on any atom is -0.373 e. The topological polar surface area (TPSA) is 117 Å². The van der Waals surface area contributed by atoms with E-state index in [0.717, 1.165) is 0 Å². The Morgan fingerprint density at radius 3 is 0.714 bits per heavy atom. The van der Waals surface area contributed by atoms with Crippen molar-refractivity contribution in [2.75, 3.05) is 0 Å². The van der Waals surface area contributed by atoms with Crippen LogP contribution in [0.1, 0.15) is 0 Å². The normalized spacial score (nSPS) is 2.29. The van der Waals surface area contributed by atoms with Gasteiger partial charge in [0, 0.05) is 0 Å². The van der Waals surface area contributed by atoms with Crippen molar-refractivity contribution in [1.82, 2.24) is 0 Å². The zero-order chi connectivity index (χ0) is 5.41. The van der Waals surface area contributed by atoms with Crippen molar-refractivity contribution < 1.29 is 26.2 Å². The molecule has 34 valence electrons. The summed E-state index contributed by atoms with van der Waals surface area (Å²) in [5, 5.41) is 0. The van der Waals surface area contributed by atoms with Gasteiger partial charge in [-0.1, -0.05) is 0 Å². The van der Waals surface area contributed by atoms with E-state index in [1.807, 2.05) is 0 Å². The quantitative estimate of drug-likeness (QED) is 0.303. The van der Waals surface area contributed by atoms with Gasteiger partial charge in [-0.25, -0.2) is 0 Å². The molecule has 0 aliphatic heterocycles. The van der Waals surface area contributed by atoms with Crippen LogP contribution in [0.5, 0.6) is 0 Å². The molecule has 0 saturated heterocycles. The molecule has 0 heterocycles. The van der Waals surface area contributed by atoms with Crippen molar-refractivity contribution in [2.24, 2.45) is 0 Å². The largest absolute Gasteiger partial charge is 2.00 e. The van der Waals surface area contributed by atoms with Gasteiger partial charge in [0.2, 0.25) is 0 Å². The Morgan fingerprint density at radius 1 is 0.714 bits per heavy atom. The van der Waals surface area contributed by atoms with Crippen molar-refractivity contribution in [3.05, 3.63) is 31.9 Å². The van der Waals surface area contributed by atoms with Gasteiger partial charge in [-0.2, -0.15) is 0 Å². The van der Waals surface area contributed by atoms with Crippen molar-refractivity contribution in [3.8, 4) is 0 Å². The van der Waals surface area contributed by atoms with Crippen molar-refractivity contribution in [1.29, 1.82) is 0 Å². The molecule has 0 aliphatic carbocycles. The summed E-state index contributed by atoms with van der Waals surface area (Å²) >= 11 is 0. The Bertz CT molecular complexity index is 58.2. The molecule has 0 amide bonds. The van der Waals surface area contributed by atoms with Crippen molar-refractivity contribution in [3.63, 3.8) is 0 Å². The molecular formula is N6Zr. The smallest absolute Gasteiger partial charge is 0.373 e. The molecule has 0 radical (unpaired) electrons. The van der Waals surface area contributed by atoms with Gasteiger partial charge < -0.3 is 22.1 Å². The molecule has 0 bridgehead atoms. The van der Waals surface area contributed by atoms with E-state index in [1.165, 1.54) is 9.82 Å². The molecule has 7 heteroatoms.